The molecule has 7 heteroatoms. The van der Waals surface area contributed by atoms with Gasteiger partial charge in [0.25, 0.3) is 0 Å². The summed E-state index contributed by atoms with van der Waals surface area (Å²) in [6.07, 6.45) is 1.47. The van der Waals surface area contributed by atoms with Crippen molar-refractivity contribution in [2.45, 2.75) is 24.9 Å². The summed E-state index contributed by atoms with van der Waals surface area (Å²) in [6, 6.07) is 10.7. The molecule has 0 aromatic heterocycles. The molecule has 0 amide bonds. The molecule has 2 atom stereocenters. The molecule has 0 aliphatic carbocycles. The highest BCUT2D eigenvalue weighted by Gasteiger charge is 2.37. The fourth-order valence-corrected chi connectivity index (χ4v) is 4.04. The number of fused-ring (bicyclic) bond motifs is 1. The molecular weight excluding hydrogens is 362 g/mol. The van der Waals surface area contributed by atoms with E-state index >= 15 is 0 Å². The first-order valence-electron chi connectivity index (χ1n) is 9.22. The van der Waals surface area contributed by atoms with Gasteiger partial charge in [-0.3, -0.25) is 9.69 Å². The number of nitrogens with zero attached hydrogens (tertiary/aromatic N) is 1. The highest BCUT2D eigenvalue weighted by molar-refractivity contribution is 5.74. The summed E-state index contributed by atoms with van der Waals surface area (Å²) in [6.45, 7) is 0.895. The van der Waals surface area contributed by atoms with Crippen LogP contribution in [0.15, 0.2) is 36.4 Å². The lowest BCUT2D eigenvalue weighted by molar-refractivity contribution is -0.142. The first-order valence-corrected chi connectivity index (χ1v) is 9.22. The summed E-state index contributed by atoms with van der Waals surface area (Å²) in [5.41, 5.74) is 1.88. The molecule has 0 saturated carbocycles. The number of ether oxygens (including phenoxy) is 4. The lowest BCUT2D eigenvalue weighted by atomic mass is 9.95. The van der Waals surface area contributed by atoms with Gasteiger partial charge in [0.15, 0.2) is 23.0 Å². The molecule has 2 unspecified atom stereocenters. The normalized spacial score (nSPS) is 19.4. The molecule has 4 rings (SSSR count). The Labute approximate surface area is 163 Å². The minimum Gasteiger partial charge on any atom is -0.493 e. The first-order chi connectivity index (χ1) is 13.6. The predicted molar refractivity (Wildman–Crippen MR) is 101 cm³/mol. The van der Waals surface area contributed by atoms with Crippen molar-refractivity contribution in [1.29, 1.82) is 0 Å². The molecule has 0 bridgehead atoms. The summed E-state index contributed by atoms with van der Waals surface area (Å²) in [7, 11) is 3.18. The number of aliphatic carboxylic acids is 1. The van der Waals surface area contributed by atoms with Crippen molar-refractivity contribution in [3.63, 3.8) is 0 Å². The van der Waals surface area contributed by atoms with Crippen LogP contribution in [0.4, 0.5) is 0 Å². The smallest absolute Gasteiger partial charge is 0.320 e. The van der Waals surface area contributed by atoms with Gasteiger partial charge in [0.05, 0.1) is 20.3 Å². The van der Waals surface area contributed by atoms with Crippen LogP contribution in [0.5, 0.6) is 23.0 Å². The van der Waals surface area contributed by atoms with Gasteiger partial charge in [-0.15, -0.1) is 0 Å². The standard InChI is InChI=1S/C21H23NO6/c1-25-16-7-5-13(10-18(16)26-2)20(22-9-3-4-15(22)21(23)24)14-6-8-17-19(11-14)28-12-27-17/h5-8,10-11,15,20H,3-4,9,12H2,1-2H3,(H,23,24). The van der Waals surface area contributed by atoms with Crippen molar-refractivity contribution in [2.75, 3.05) is 27.6 Å². The minimum absolute atomic E-state index is 0.196. The largest absolute Gasteiger partial charge is 0.493 e. The van der Waals surface area contributed by atoms with Gasteiger partial charge in [0, 0.05) is 6.54 Å². The second kappa shape index (κ2) is 7.59. The number of hydrogen-bond donors (Lipinski definition) is 1. The van der Waals surface area contributed by atoms with Crippen LogP contribution in [0.25, 0.3) is 0 Å². The maximum absolute atomic E-state index is 11.9. The van der Waals surface area contributed by atoms with Crippen molar-refractivity contribution in [2.24, 2.45) is 0 Å². The topological polar surface area (TPSA) is 77.5 Å². The molecule has 2 heterocycles. The molecule has 7 nitrogen and oxygen atoms in total. The summed E-state index contributed by atoms with van der Waals surface area (Å²) in [5.74, 6) is 1.81. The fourth-order valence-electron chi connectivity index (χ4n) is 4.04. The summed E-state index contributed by atoms with van der Waals surface area (Å²) >= 11 is 0. The summed E-state index contributed by atoms with van der Waals surface area (Å²) < 4.78 is 21.8. The quantitative estimate of drug-likeness (QED) is 0.819. The Morgan fingerprint density at radius 3 is 2.54 bits per heavy atom. The number of carboxylic acids is 1. The molecule has 28 heavy (non-hydrogen) atoms. The monoisotopic (exact) mass is 385 g/mol. The van der Waals surface area contributed by atoms with Crippen molar-refractivity contribution in [3.05, 3.63) is 47.5 Å². The molecule has 1 N–H and O–H groups in total. The van der Waals surface area contributed by atoms with Crippen LogP contribution in [0, 0.1) is 0 Å². The molecule has 2 aromatic rings. The van der Waals surface area contributed by atoms with Gasteiger partial charge < -0.3 is 24.1 Å². The molecule has 0 spiro atoms. The van der Waals surface area contributed by atoms with Crippen LogP contribution < -0.4 is 18.9 Å². The van der Waals surface area contributed by atoms with E-state index < -0.39 is 12.0 Å². The van der Waals surface area contributed by atoms with Crippen molar-refractivity contribution >= 4 is 5.97 Å². The Kier molecular flexibility index (Phi) is 5.00. The number of hydrogen-bond acceptors (Lipinski definition) is 6. The average molecular weight is 385 g/mol. The van der Waals surface area contributed by atoms with E-state index in [1.165, 1.54) is 0 Å². The molecule has 2 aliphatic rings. The Balaban J connectivity index is 1.81. The van der Waals surface area contributed by atoms with Crippen LogP contribution >= 0.6 is 0 Å². The van der Waals surface area contributed by atoms with Gasteiger partial charge in [0.2, 0.25) is 6.79 Å². The van der Waals surface area contributed by atoms with Gasteiger partial charge in [-0.05, 0) is 48.2 Å². The molecule has 148 valence electrons. The lowest BCUT2D eigenvalue weighted by Gasteiger charge is -2.32. The summed E-state index contributed by atoms with van der Waals surface area (Å²) in [5, 5.41) is 9.73. The number of rotatable bonds is 6. The number of carboxylic acid groups (broad SMARTS) is 1. The Morgan fingerprint density at radius 2 is 1.79 bits per heavy atom. The SMILES string of the molecule is COc1ccc(C(c2ccc3c(c2)OCO3)N2CCCC2C(=O)O)cc1OC. The average Bonchev–Trinajstić information content (AvgIpc) is 3.37. The Morgan fingerprint density at radius 1 is 1.07 bits per heavy atom. The molecule has 1 saturated heterocycles. The fraction of sp³-hybridized carbons (Fsp3) is 0.381. The maximum Gasteiger partial charge on any atom is 0.320 e. The number of likely N-dealkylation sites (tertiary alicyclic amines) is 1. The van der Waals surface area contributed by atoms with Gasteiger partial charge >= 0.3 is 5.97 Å². The van der Waals surface area contributed by atoms with E-state index in [0.29, 0.717) is 36.0 Å². The van der Waals surface area contributed by atoms with E-state index in [0.717, 1.165) is 17.5 Å². The van der Waals surface area contributed by atoms with E-state index in [1.54, 1.807) is 14.2 Å². The van der Waals surface area contributed by atoms with Crippen LogP contribution in [0.2, 0.25) is 0 Å². The Hall–Kier alpha value is -2.93. The third-order valence-corrected chi connectivity index (χ3v) is 5.35. The van der Waals surface area contributed by atoms with E-state index in [2.05, 4.69) is 0 Å². The zero-order chi connectivity index (χ0) is 19.7. The maximum atomic E-state index is 11.9. The van der Waals surface area contributed by atoms with Gasteiger partial charge in [-0.1, -0.05) is 12.1 Å². The van der Waals surface area contributed by atoms with E-state index in [9.17, 15) is 9.90 Å². The van der Waals surface area contributed by atoms with E-state index in [1.807, 2.05) is 41.3 Å². The second-order valence-corrected chi connectivity index (χ2v) is 6.86. The van der Waals surface area contributed by atoms with Gasteiger partial charge in [0.1, 0.15) is 6.04 Å². The third-order valence-electron chi connectivity index (χ3n) is 5.35. The van der Waals surface area contributed by atoms with Crippen molar-refractivity contribution < 1.29 is 28.8 Å². The second-order valence-electron chi connectivity index (χ2n) is 6.86. The number of carbonyl (C=O) groups is 1. The molecule has 2 aromatic carbocycles. The van der Waals surface area contributed by atoms with Gasteiger partial charge in [-0.2, -0.15) is 0 Å². The lowest BCUT2D eigenvalue weighted by Crippen LogP contribution is -2.39. The Bertz CT molecular complexity index is 883. The van der Waals surface area contributed by atoms with Crippen LogP contribution in [0.1, 0.15) is 30.0 Å². The third kappa shape index (κ3) is 3.22. The number of benzene rings is 2. The van der Waals surface area contributed by atoms with Crippen molar-refractivity contribution in [1.82, 2.24) is 4.90 Å². The first kappa shape index (κ1) is 18.4. The molecular formula is C21H23NO6. The van der Waals surface area contributed by atoms with Crippen LogP contribution in [-0.4, -0.2) is 49.6 Å². The zero-order valence-corrected chi connectivity index (χ0v) is 15.9. The molecule has 2 aliphatic heterocycles. The van der Waals surface area contributed by atoms with Crippen LogP contribution in [0.3, 0.4) is 0 Å². The van der Waals surface area contributed by atoms with E-state index in [4.69, 9.17) is 18.9 Å². The number of methoxy groups -OCH3 is 2. The molecule has 0 radical (unpaired) electrons. The molecule has 1 fully saturated rings. The van der Waals surface area contributed by atoms with Crippen LogP contribution in [-0.2, 0) is 4.79 Å². The minimum atomic E-state index is -0.802. The zero-order valence-electron chi connectivity index (χ0n) is 15.9. The van der Waals surface area contributed by atoms with Crippen molar-refractivity contribution in [3.8, 4) is 23.0 Å². The highest BCUT2D eigenvalue weighted by atomic mass is 16.7. The van der Waals surface area contributed by atoms with Gasteiger partial charge in [-0.25, -0.2) is 0 Å². The highest BCUT2D eigenvalue weighted by Crippen LogP contribution is 2.42. The predicted octanol–water partition coefficient (Wildman–Crippen LogP) is 3.07. The van der Waals surface area contributed by atoms with E-state index in [-0.39, 0.29) is 12.8 Å². The summed E-state index contributed by atoms with van der Waals surface area (Å²) in [4.78, 5) is 13.9.